The van der Waals surface area contributed by atoms with Gasteiger partial charge >= 0.3 is 11.8 Å². The fraction of sp³-hybridized carbons (Fsp3) is 0.320. The first kappa shape index (κ1) is 21.2. The van der Waals surface area contributed by atoms with Crippen LogP contribution in [0, 0.1) is 5.92 Å². The number of carbonyl (C=O) groups is 1. The maximum Gasteiger partial charge on any atom is 0.514 e. The zero-order valence-corrected chi connectivity index (χ0v) is 18.0. The second kappa shape index (κ2) is 8.37. The van der Waals surface area contributed by atoms with Gasteiger partial charge in [-0.1, -0.05) is 18.2 Å². The van der Waals surface area contributed by atoms with Crippen LogP contribution in [-0.4, -0.2) is 28.0 Å². The lowest BCUT2D eigenvalue weighted by Gasteiger charge is -2.50. The highest BCUT2D eigenvalue weighted by atomic mass is 16.7. The molecule has 0 bridgehead atoms. The number of rotatable bonds is 3. The molecule has 3 heterocycles. The van der Waals surface area contributed by atoms with Gasteiger partial charge in [-0.15, -0.1) is 0 Å². The molecule has 0 radical (unpaired) electrons. The predicted octanol–water partition coefficient (Wildman–Crippen LogP) is 4.27. The Morgan fingerprint density at radius 2 is 2.00 bits per heavy atom. The SMILES string of the molecule is C[C@@]12Oc3cc(-c4cccnc4)oc(=O)c3[C@H](O)[C@H]1CCC[C@H]2OC(=O)Oc1ccccc1. The highest BCUT2D eigenvalue weighted by Crippen LogP contribution is 2.50. The molecule has 0 unspecified atom stereocenters. The van der Waals surface area contributed by atoms with E-state index in [2.05, 4.69) is 4.98 Å². The lowest BCUT2D eigenvalue weighted by atomic mass is 9.69. The smallest absolute Gasteiger partial charge is 0.482 e. The van der Waals surface area contributed by atoms with Crippen molar-refractivity contribution < 1.29 is 28.5 Å². The van der Waals surface area contributed by atoms with Crippen molar-refractivity contribution in [3.05, 3.63) is 76.9 Å². The molecule has 2 aliphatic rings. The third-order valence-electron chi connectivity index (χ3n) is 6.44. The van der Waals surface area contributed by atoms with Gasteiger partial charge in [0, 0.05) is 29.9 Å². The molecule has 0 spiro atoms. The zero-order chi connectivity index (χ0) is 23.0. The molecule has 1 saturated carbocycles. The second-order valence-corrected chi connectivity index (χ2v) is 8.46. The van der Waals surface area contributed by atoms with E-state index in [4.69, 9.17) is 18.6 Å². The molecule has 8 nitrogen and oxygen atoms in total. The number of aliphatic hydroxyl groups excluding tert-OH is 1. The summed E-state index contributed by atoms with van der Waals surface area (Å²) < 4.78 is 22.7. The van der Waals surface area contributed by atoms with Crippen LogP contribution in [0.2, 0.25) is 0 Å². The molecule has 1 aliphatic heterocycles. The van der Waals surface area contributed by atoms with Crippen LogP contribution in [-0.2, 0) is 4.74 Å². The Bertz CT molecular complexity index is 1210. The van der Waals surface area contributed by atoms with Crippen LogP contribution in [0.3, 0.4) is 0 Å². The first-order valence-electron chi connectivity index (χ1n) is 10.8. The molecule has 4 atom stereocenters. The van der Waals surface area contributed by atoms with E-state index < -0.39 is 35.5 Å². The first-order valence-corrected chi connectivity index (χ1v) is 10.8. The molecule has 33 heavy (non-hydrogen) atoms. The van der Waals surface area contributed by atoms with E-state index >= 15 is 0 Å². The van der Waals surface area contributed by atoms with Crippen molar-refractivity contribution in [1.29, 1.82) is 0 Å². The maximum atomic E-state index is 12.8. The van der Waals surface area contributed by atoms with E-state index in [1.807, 2.05) is 6.07 Å². The quantitative estimate of drug-likeness (QED) is 0.467. The average Bonchev–Trinajstić information content (AvgIpc) is 2.80. The van der Waals surface area contributed by atoms with E-state index in [0.29, 0.717) is 30.6 Å². The van der Waals surface area contributed by atoms with Gasteiger partial charge in [0.15, 0.2) is 0 Å². The predicted molar refractivity (Wildman–Crippen MR) is 117 cm³/mol. The van der Waals surface area contributed by atoms with Crippen molar-refractivity contribution in [2.75, 3.05) is 0 Å². The number of ether oxygens (including phenoxy) is 3. The van der Waals surface area contributed by atoms with Crippen molar-refractivity contribution in [3.63, 3.8) is 0 Å². The van der Waals surface area contributed by atoms with Gasteiger partial charge in [-0.3, -0.25) is 4.98 Å². The topological polar surface area (TPSA) is 108 Å². The normalized spacial score (nSPS) is 25.8. The Morgan fingerprint density at radius 1 is 1.18 bits per heavy atom. The molecular formula is C25H23NO7. The zero-order valence-electron chi connectivity index (χ0n) is 18.0. The summed E-state index contributed by atoms with van der Waals surface area (Å²) in [5, 5.41) is 11.1. The van der Waals surface area contributed by atoms with E-state index in [-0.39, 0.29) is 17.1 Å². The molecule has 2 aromatic heterocycles. The van der Waals surface area contributed by atoms with Crippen molar-refractivity contribution >= 4 is 6.16 Å². The number of hydrogen-bond donors (Lipinski definition) is 1. The van der Waals surface area contributed by atoms with Gasteiger partial charge < -0.3 is 23.7 Å². The van der Waals surface area contributed by atoms with Gasteiger partial charge in [0.25, 0.3) is 0 Å². The summed E-state index contributed by atoms with van der Waals surface area (Å²) in [6.07, 6.45) is 2.38. The van der Waals surface area contributed by atoms with Gasteiger partial charge in [-0.05, 0) is 50.5 Å². The minimum Gasteiger partial charge on any atom is -0.482 e. The van der Waals surface area contributed by atoms with E-state index in [0.717, 1.165) is 0 Å². The Kier molecular flexibility index (Phi) is 5.38. The fourth-order valence-corrected chi connectivity index (χ4v) is 4.77. The highest BCUT2D eigenvalue weighted by molar-refractivity contribution is 5.64. The van der Waals surface area contributed by atoms with Crippen LogP contribution in [0.25, 0.3) is 11.3 Å². The largest absolute Gasteiger partial charge is 0.514 e. The number of carbonyl (C=O) groups excluding carboxylic acids is 1. The van der Waals surface area contributed by atoms with Crippen LogP contribution in [0.15, 0.2) is 70.1 Å². The molecule has 1 aromatic carbocycles. The van der Waals surface area contributed by atoms with Crippen LogP contribution in [0.1, 0.15) is 37.9 Å². The number of nitrogens with zero attached hydrogens (tertiary/aromatic N) is 1. The van der Waals surface area contributed by atoms with Gasteiger partial charge in [-0.2, -0.15) is 0 Å². The summed E-state index contributed by atoms with van der Waals surface area (Å²) in [5.41, 5.74) is -1.03. The molecule has 170 valence electrons. The van der Waals surface area contributed by atoms with Crippen molar-refractivity contribution in [1.82, 2.24) is 4.98 Å². The Balaban J connectivity index is 1.46. The minimum absolute atomic E-state index is 0.0811. The number of aliphatic hydroxyl groups is 1. The molecular weight excluding hydrogens is 426 g/mol. The minimum atomic E-state index is -1.12. The van der Waals surface area contributed by atoms with Crippen molar-refractivity contribution in [2.24, 2.45) is 5.92 Å². The number of hydrogen-bond acceptors (Lipinski definition) is 8. The molecule has 1 N–H and O–H groups in total. The number of aromatic nitrogens is 1. The number of pyridine rings is 1. The number of benzene rings is 1. The van der Waals surface area contributed by atoms with Gasteiger partial charge in [0.2, 0.25) is 0 Å². The van der Waals surface area contributed by atoms with Gasteiger partial charge in [0.1, 0.15) is 34.5 Å². The summed E-state index contributed by atoms with van der Waals surface area (Å²) in [6, 6.07) is 13.7. The van der Waals surface area contributed by atoms with Gasteiger partial charge in [-0.25, -0.2) is 9.59 Å². The van der Waals surface area contributed by atoms with E-state index in [1.54, 1.807) is 61.8 Å². The first-order chi connectivity index (χ1) is 16.0. The lowest BCUT2D eigenvalue weighted by molar-refractivity contribution is -0.157. The summed E-state index contributed by atoms with van der Waals surface area (Å²) in [6.45, 7) is 1.79. The molecule has 1 fully saturated rings. The Labute approximate surface area is 189 Å². The molecule has 1 aliphatic carbocycles. The van der Waals surface area contributed by atoms with Crippen LogP contribution < -0.4 is 15.1 Å². The summed E-state index contributed by atoms with van der Waals surface area (Å²) in [5.74, 6) is 0.398. The van der Waals surface area contributed by atoms with E-state index in [9.17, 15) is 14.7 Å². The van der Waals surface area contributed by atoms with Crippen LogP contribution in [0.5, 0.6) is 11.5 Å². The number of fused-ring (bicyclic) bond motifs is 2. The Hall–Kier alpha value is -3.65. The molecule has 8 heteroatoms. The standard InChI is InChI=1S/C25H23NO7/c1-25-17(10-5-11-20(25)32-24(29)30-16-8-3-2-4-9-16)22(27)21-19(33-25)13-18(31-23(21)28)15-7-6-12-26-14-15/h2-4,6-9,12-14,17,20,22,27H,5,10-11H2,1H3/t17-,20-,22-,25-/m1/s1. The molecule has 0 saturated heterocycles. The third kappa shape index (κ3) is 3.87. The highest BCUT2D eigenvalue weighted by Gasteiger charge is 2.55. The van der Waals surface area contributed by atoms with Gasteiger partial charge in [0.05, 0.1) is 6.10 Å². The number of para-hydroxylation sites is 1. The Morgan fingerprint density at radius 3 is 2.76 bits per heavy atom. The lowest BCUT2D eigenvalue weighted by Crippen LogP contribution is -2.59. The second-order valence-electron chi connectivity index (χ2n) is 8.46. The average molecular weight is 449 g/mol. The summed E-state index contributed by atoms with van der Waals surface area (Å²) in [7, 11) is 0. The van der Waals surface area contributed by atoms with Crippen molar-refractivity contribution in [3.8, 4) is 22.8 Å². The van der Waals surface area contributed by atoms with Crippen LogP contribution >= 0.6 is 0 Å². The monoisotopic (exact) mass is 449 g/mol. The summed E-state index contributed by atoms with van der Waals surface area (Å²) >= 11 is 0. The fourth-order valence-electron chi connectivity index (χ4n) is 4.77. The third-order valence-corrected chi connectivity index (χ3v) is 6.44. The molecule has 3 aromatic rings. The molecule has 5 rings (SSSR count). The van der Waals surface area contributed by atoms with E-state index in [1.165, 1.54) is 0 Å². The van der Waals surface area contributed by atoms with Crippen molar-refractivity contribution in [2.45, 2.75) is 44.0 Å². The maximum absolute atomic E-state index is 12.8. The summed E-state index contributed by atoms with van der Waals surface area (Å²) in [4.78, 5) is 29.3. The molecule has 0 amide bonds. The van der Waals surface area contributed by atoms with Crippen LogP contribution in [0.4, 0.5) is 4.79 Å².